The molecule has 0 unspecified atom stereocenters. The highest BCUT2D eigenvalue weighted by molar-refractivity contribution is 7.09. The van der Waals surface area contributed by atoms with E-state index < -0.39 is 0 Å². The molecule has 0 saturated carbocycles. The van der Waals surface area contributed by atoms with E-state index in [2.05, 4.69) is 41.0 Å². The summed E-state index contributed by atoms with van der Waals surface area (Å²) in [6.07, 6.45) is 4.42. The second-order valence-electron chi connectivity index (χ2n) is 7.02. The zero-order chi connectivity index (χ0) is 20.2. The molecular weight excluding hydrogens is 386 g/mol. The lowest BCUT2D eigenvalue weighted by molar-refractivity contribution is 0.796. The molecule has 8 nitrogen and oxygen atoms in total. The van der Waals surface area contributed by atoms with Crippen molar-refractivity contribution in [1.82, 2.24) is 24.3 Å². The highest BCUT2D eigenvalue weighted by atomic mass is 32.1. The van der Waals surface area contributed by atoms with E-state index in [1.807, 2.05) is 19.1 Å². The number of aryl methyl sites for hydroxylation is 2. The Morgan fingerprint density at radius 2 is 1.90 bits per heavy atom. The zero-order valence-corrected chi connectivity index (χ0v) is 17.6. The van der Waals surface area contributed by atoms with Crippen molar-refractivity contribution in [2.75, 3.05) is 36.0 Å². The first kappa shape index (κ1) is 19.5. The van der Waals surface area contributed by atoms with Crippen LogP contribution in [0.1, 0.15) is 31.8 Å². The van der Waals surface area contributed by atoms with E-state index in [4.69, 9.17) is 0 Å². The number of hydrogen-bond donors (Lipinski definition) is 1. The second-order valence-corrected chi connectivity index (χ2v) is 7.75. The fourth-order valence-electron chi connectivity index (χ4n) is 3.39. The van der Waals surface area contributed by atoms with Gasteiger partial charge >= 0.3 is 0 Å². The Kier molecular flexibility index (Phi) is 5.84. The average molecular weight is 412 g/mol. The van der Waals surface area contributed by atoms with Crippen LogP contribution < -0.4 is 15.4 Å². The molecule has 9 heteroatoms. The Bertz CT molecular complexity index is 1010. The molecule has 1 fully saturated rings. The van der Waals surface area contributed by atoms with Crippen molar-refractivity contribution < 1.29 is 0 Å². The van der Waals surface area contributed by atoms with Gasteiger partial charge in [-0.1, -0.05) is 13.8 Å². The second kappa shape index (κ2) is 8.69. The molecule has 3 aromatic rings. The number of hydrogen-bond acceptors (Lipinski definition) is 8. The predicted molar refractivity (Wildman–Crippen MR) is 116 cm³/mol. The highest BCUT2D eigenvalue weighted by Crippen LogP contribution is 2.22. The van der Waals surface area contributed by atoms with Gasteiger partial charge in [-0.25, -0.2) is 15.0 Å². The van der Waals surface area contributed by atoms with Crippen molar-refractivity contribution in [3.63, 3.8) is 0 Å². The van der Waals surface area contributed by atoms with Crippen LogP contribution in [-0.4, -0.2) is 50.5 Å². The standard InChI is InChI=1S/C20H25N7OS/c1-3-15-12-18(28)24-19(22-15)14-6-7-17(21-13-14)26-8-5-9-27(11-10-26)20-23-16(4-2)25-29-20/h6-7,12-13H,3-5,8-11H2,1-2H3,(H,22,24,28). The van der Waals surface area contributed by atoms with Gasteiger partial charge in [0.15, 0.2) is 0 Å². The van der Waals surface area contributed by atoms with Gasteiger partial charge in [-0.3, -0.25) is 4.79 Å². The molecule has 0 bridgehead atoms. The van der Waals surface area contributed by atoms with Crippen LogP contribution in [0.5, 0.6) is 0 Å². The largest absolute Gasteiger partial charge is 0.355 e. The third-order valence-electron chi connectivity index (χ3n) is 5.04. The summed E-state index contributed by atoms with van der Waals surface area (Å²) in [6.45, 7) is 7.77. The Labute approximate surface area is 173 Å². The minimum absolute atomic E-state index is 0.133. The lowest BCUT2D eigenvalue weighted by atomic mass is 10.2. The molecule has 3 aromatic heterocycles. The first-order valence-electron chi connectivity index (χ1n) is 10.1. The first-order chi connectivity index (χ1) is 14.2. The Balaban J connectivity index is 1.46. The van der Waals surface area contributed by atoms with Gasteiger partial charge in [0.1, 0.15) is 17.5 Å². The number of rotatable bonds is 5. The topological polar surface area (TPSA) is 90.9 Å². The van der Waals surface area contributed by atoms with Gasteiger partial charge in [0.2, 0.25) is 5.13 Å². The molecule has 152 valence electrons. The van der Waals surface area contributed by atoms with Crippen LogP contribution in [0.15, 0.2) is 29.2 Å². The van der Waals surface area contributed by atoms with Crippen molar-refractivity contribution >= 4 is 22.5 Å². The van der Waals surface area contributed by atoms with E-state index in [9.17, 15) is 4.79 Å². The highest BCUT2D eigenvalue weighted by Gasteiger charge is 2.19. The van der Waals surface area contributed by atoms with E-state index in [1.54, 1.807) is 6.20 Å². The molecule has 1 aliphatic rings. The maximum atomic E-state index is 11.8. The monoisotopic (exact) mass is 411 g/mol. The number of nitrogens with one attached hydrogen (secondary N) is 1. The number of nitrogens with zero attached hydrogens (tertiary/aromatic N) is 6. The summed E-state index contributed by atoms with van der Waals surface area (Å²) in [5.74, 6) is 2.43. The smallest absolute Gasteiger partial charge is 0.251 e. The van der Waals surface area contributed by atoms with Crippen molar-refractivity contribution in [3.8, 4) is 11.4 Å². The molecule has 0 aromatic carbocycles. The maximum Gasteiger partial charge on any atom is 0.251 e. The molecule has 1 saturated heterocycles. The molecule has 1 N–H and O–H groups in total. The molecule has 4 rings (SSSR count). The van der Waals surface area contributed by atoms with E-state index in [-0.39, 0.29) is 5.56 Å². The summed E-state index contributed by atoms with van der Waals surface area (Å²) < 4.78 is 4.41. The van der Waals surface area contributed by atoms with Crippen LogP contribution in [0.25, 0.3) is 11.4 Å². The first-order valence-corrected chi connectivity index (χ1v) is 10.8. The number of aromatic nitrogens is 5. The van der Waals surface area contributed by atoms with Gasteiger partial charge in [0.25, 0.3) is 5.56 Å². The number of anilines is 2. The van der Waals surface area contributed by atoms with Crippen molar-refractivity contribution in [3.05, 3.63) is 46.3 Å². The number of H-pyrrole nitrogens is 1. The minimum atomic E-state index is -0.133. The Hall–Kier alpha value is -2.81. The van der Waals surface area contributed by atoms with Crippen LogP contribution >= 0.6 is 11.5 Å². The van der Waals surface area contributed by atoms with Gasteiger partial charge in [-0.2, -0.15) is 4.37 Å². The summed E-state index contributed by atoms with van der Waals surface area (Å²) in [5, 5.41) is 1.01. The summed E-state index contributed by atoms with van der Waals surface area (Å²) in [6, 6.07) is 5.51. The normalized spacial score (nSPS) is 14.8. The molecule has 0 radical (unpaired) electrons. The summed E-state index contributed by atoms with van der Waals surface area (Å²) >= 11 is 1.49. The third-order valence-corrected chi connectivity index (χ3v) is 5.86. The summed E-state index contributed by atoms with van der Waals surface area (Å²) in [5.41, 5.74) is 1.47. The van der Waals surface area contributed by atoms with Crippen LogP contribution in [0, 0.1) is 0 Å². The molecular formula is C20H25N7OS. The Morgan fingerprint density at radius 1 is 1.07 bits per heavy atom. The van der Waals surface area contributed by atoms with Gasteiger partial charge in [-0.05, 0) is 25.0 Å². The van der Waals surface area contributed by atoms with Crippen LogP contribution in [0.3, 0.4) is 0 Å². The quantitative estimate of drug-likeness (QED) is 0.690. The third kappa shape index (κ3) is 4.45. The number of aromatic amines is 1. The molecule has 0 atom stereocenters. The van der Waals surface area contributed by atoms with Crippen molar-refractivity contribution in [2.24, 2.45) is 0 Å². The molecule has 1 aliphatic heterocycles. The van der Waals surface area contributed by atoms with Crippen LogP contribution in [0.4, 0.5) is 10.9 Å². The zero-order valence-electron chi connectivity index (χ0n) is 16.8. The fourth-order valence-corrected chi connectivity index (χ4v) is 4.19. The predicted octanol–water partition coefficient (Wildman–Crippen LogP) is 2.52. The van der Waals surface area contributed by atoms with E-state index in [1.165, 1.54) is 17.6 Å². The van der Waals surface area contributed by atoms with Gasteiger partial charge in [-0.15, -0.1) is 0 Å². The SMILES string of the molecule is CCc1cc(=O)[nH]c(-c2ccc(N3CCCN(c4nc(CC)ns4)CC3)nc2)n1. The molecule has 29 heavy (non-hydrogen) atoms. The Morgan fingerprint density at radius 3 is 2.62 bits per heavy atom. The number of pyridine rings is 1. The van der Waals surface area contributed by atoms with E-state index in [0.717, 1.165) is 73.5 Å². The lowest BCUT2D eigenvalue weighted by Gasteiger charge is -2.22. The molecule has 4 heterocycles. The molecule has 0 aliphatic carbocycles. The van der Waals surface area contributed by atoms with Gasteiger partial charge in [0.05, 0.1) is 0 Å². The lowest BCUT2D eigenvalue weighted by Crippen LogP contribution is -2.31. The molecule has 0 amide bonds. The van der Waals surface area contributed by atoms with Crippen molar-refractivity contribution in [1.29, 1.82) is 0 Å². The maximum absolute atomic E-state index is 11.8. The van der Waals surface area contributed by atoms with Crippen molar-refractivity contribution in [2.45, 2.75) is 33.1 Å². The summed E-state index contributed by atoms with van der Waals surface area (Å²) in [7, 11) is 0. The molecule has 0 spiro atoms. The average Bonchev–Trinajstić information content (AvgIpc) is 3.10. The van der Waals surface area contributed by atoms with E-state index in [0.29, 0.717) is 5.82 Å². The van der Waals surface area contributed by atoms with Gasteiger partial charge in [0, 0.05) is 67.7 Å². The van der Waals surface area contributed by atoms with Crippen LogP contribution in [0.2, 0.25) is 0 Å². The van der Waals surface area contributed by atoms with E-state index >= 15 is 0 Å². The summed E-state index contributed by atoms with van der Waals surface area (Å²) in [4.78, 5) is 33.0. The minimum Gasteiger partial charge on any atom is -0.355 e. The van der Waals surface area contributed by atoms with Crippen LogP contribution in [-0.2, 0) is 12.8 Å². The fraction of sp³-hybridized carbons (Fsp3) is 0.450. The van der Waals surface area contributed by atoms with Gasteiger partial charge < -0.3 is 14.8 Å².